The minimum absolute atomic E-state index is 0.375. The number of alkyl halides is 1. The van der Waals surface area contributed by atoms with Crippen LogP contribution in [0.4, 0.5) is 0 Å². The van der Waals surface area contributed by atoms with Crippen LogP contribution in [0.5, 0.6) is 0 Å². The zero-order valence-electron chi connectivity index (χ0n) is 7.70. The largest absolute Gasteiger partial charge is 0.123 e. The molecule has 0 aliphatic heterocycles. The van der Waals surface area contributed by atoms with E-state index in [4.69, 9.17) is 11.6 Å². The van der Waals surface area contributed by atoms with E-state index >= 15 is 0 Å². The molecule has 0 aromatic carbocycles. The summed E-state index contributed by atoms with van der Waals surface area (Å²) in [5, 5.41) is 0.375. The van der Waals surface area contributed by atoms with Crippen LogP contribution in [0.1, 0.15) is 46.0 Å². The number of halogens is 1. The van der Waals surface area contributed by atoms with Gasteiger partial charge in [-0.2, -0.15) is 0 Å². The van der Waals surface area contributed by atoms with Crippen LogP contribution in [-0.2, 0) is 0 Å². The van der Waals surface area contributed by atoms with E-state index < -0.39 is 0 Å². The van der Waals surface area contributed by atoms with Gasteiger partial charge in [-0.25, -0.2) is 0 Å². The summed E-state index contributed by atoms with van der Waals surface area (Å²) in [5.41, 5.74) is 1.35. The van der Waals surface area contributed by atoms with Gasteiger partial charge < -0.3 is 0 Å². The van der Waals surface area contributed by atoms with Crippen molar-refractivity contribution in [2.75, 3.05) is 0 Å². The molecule has 0 aliphatic rings. The van der Waals surface area contributed by atoms with E-state index in [1.54, 1.807) is 0 Å². The van der Waals surface area contributed by atoms with Gasteiger partial charge in [0.2, 0.25) is 0 Å². The van der Waals surface area contributed by atoms with Gasteiger partial charge in [-0.05, 0) is 32.1 Å². The van der Waals surface area contributed by atoms with Gasteiger partial charge in [-0.1, -0.05) is 26.0 Å². The lowest BCUT2D eigenvalue weighted by molar-refractivity contribution is 0.666. The van der Waals surface area contributed by atoms with Gasteiger partial charge in [0.05, 0.1) is 0 Å². The highest BCUT2D eigenvalue weighted by Crippen LogP contribution is 2.14. The van der Waals surface area contributed by atoms with E-state index in [-0.39, 0.29) is 0 Å². The van der Waals surface area contributed by atoms with E-state index in [1.807, 2.05) is 0 Å². The second-order valence-corrected chi connectivity index (χ2v) is 3.62. The van der Waals surface area contributed by atoms with E-state index in [0.29, 0.717) is 5.38 Å². The van der Waals surface area contributed by atoms with Crippen molar-refractivity contribution in [2.24, 2.45) is 0 Å². The summed E-state index contributed by atoms with van der Waals surface area (Å²) in [6.07, 6.45) is 5.69. The van der Waals surface area contributed by atoms with Crippen molar-refractivity contribution in [2.45, 2.75) is 51.3 Å². The molecule has 0 nitrogen and oxygen atoms in total. The zero-order chi connectivity index (χ0) is 8.69. The first kappa shape index (κ1) is 11.0. The third-order valence-corrected chi connectivity index (χ3v) is 2.52. The molecule has 0 aliphatic carbocycles. The standard InChI is InChI=1S/C10H19Cl/c1-4-9(3)7-6-8-10(11)5-2/h10H,3-8H2,1-2H3. The first-order chi connectivity index (χ1) is 5.20. The summed E-state index contributed by atoms with van der Waals surface area (Å²) in [4.78, 5) is 0. The molecule has 66 valence electrons. The lowest BCUT2D eigenvalue weighted by Crippen LogP contribution is -1.95. The molecule has 0 aromatic rings. The van der Waals surface area contributed by atoms with E-state index in [1.165, 1.54) is 12.0 Å². The average Bonchev–Trinajstić information content (AvgIpc) is 2.04. The summed E-state index contributed by atoms with van der Waals surface area (Å²) < 4.78 is 0. The Morgan fingerprint density at radius 1 is 1.45 bits per heavy atom. The fourth-order valence-corrected chi connectivity index (χ4v) is 1.11. The molecule has 0 N–H and O–H groups in total. The molecule has 1 unspecified atom stereocenters. The molecule has 0 aromatic heterocycles. The average molecular weight is 175 g/mol. The fourth-order valence-electron chi connectivity index (χ4n) is 0.954. The summed E-state index contributed by atoms with van der Waals surface area (Å²) in [7, 11) is 0. The summed E-state index contributed by atoms with van der Waals surface area (Å²) in [6, 6.07) is 0. The second-order valence-electron chi connectivity index (χ2n) is 3.00. The van der Waals surface area contributed by atoms with E-state index in [9.17, 15) is 0 Å². The molecular weight excluding hydrogens is 156 g/mol. The van der Waals surface area contributed by atoms with Gasteiger partial charge >= 0.3 is 0 Å². The molecule has 1 atom stereocenters. The van der Waals surface area contributed by atoms with Gasteiger partial charge in [-0.15, -0.1) is 11.6 Å². The van der Waals surface area contributed by atoms with Crippen molar-refractivity contribution in [1.82, 2.24) is 0 Å². The van der Waals surface area contributed by atoms with Crippen molar-refractivity contribution in [3.8, 4) is 0 Å². The van der Waals surface area contributed by atoms with Crippen LogP contribution in [-0.4, -0.2) is 5.38 Å². The van der Waals surface area contributed by atoms with Crippen LogP contribution in [0.2, 0.25) is 0 Å². The molecule has 0 amide bonds. The van der Waals surface area contributed by atoms with Gasteiger partial charge in [-0.3, -0.25) is 0 Å². The van der Waals surface area contributed by atoms with Crippen molar-refractivity contribution < 1.29 is 0 Å². The predicted octanol–water partition coefficient (Wildman–Crippen LogP) is 4.14. The first-order valence-electron chi connectivity index (χ1n) is 4.51. The summed E-state index contributed by atoms with van der Waals surface area (Å²) >= 11 is 5.96. The molecule has 11 heavy (non-hydrogen) atoms. The SMILES string of the molecule is C=C(CC)CCCC(Cl)CC. The highest BCUT2D eigenvalue weighted by Gasteiger charge is 2.00. The van der Waals surface area contributed by atoms with E-state index in [2.05, 4.69) is 20.4 Å². The minimum atomic E-state index is 0.375. The van der Waals surface area contributed by atoms with Gasteiger partial charge in [0.25, 0.3) is 0 Å². The molecule has 0 saturated carbocycles. The monoisotopic (exact) mass is 174 g/mol. The van der Waals surface area contributed by atoms with Gasteiger partial charge in [0.15, 0.2) is 0 Å². The van der Waals surface area contributed by atoms with Crippen LogP contribution < -0.4 is 0 Å². The number of hydrogen-bond donors (Lipinski definition) is 0. The highest BCUT2D eigenvalue weighted by molar-refractivity contribution is 6.20. The lowest BCUT2D eigenvalue weighted by atomic mass is 10.1. The predicted molar refractivity (Wildman–Crippen MR) is 53.2 cm³/mol. The Morgan fingerprint density at radius 2 is 2.09 bits per heavy atom. The quantitative estimate of drug-likeness (QED) is 0.420. The summed E-state index contributed by atoms with van der Waals surface area (Å²) in [5.74, 6) is 0. The smallest absolute Gasteiger partial charge is 0.0333 e. The summed E-state index contributed by atoms with van der Waals surface area (Å²) in [6.45, 7) is 8.24. The van der Waals surface area contributed by atoms with Crippen LogP contribution in [0, 0.1) is 0 Å². The van der Waals surface area contributed by atoms with Crippen molar-refractivity contribution in [3.05, 3.63) is 12.2 Å². The highest BCUT2D eigenvalue weighted by atomic mass is 35.5. The third-order valence-electron chi connectivity index (χ3n) is 1.99. The third kappa shape index (κ3) is 6.43. The zero-order valence-corrected chi connectivity index (χ0v) is 8.45. The Bertz CT molecular complexity index is 107. The lowest BCUT2D eigenvalue weighted by Gasteiger charge is -2.05. The molecule has 0 rings (SSSR count). The molecule has 0 spiro atoms. The van der Waals surface area contributed by atoms with E-state index in [0.717, 1.165) is 25.7 Å². The minimum Gasteiger partial charge on any atom is -0.123 e. The molecule has 0 bridgehead atoms. The molecule has 1 heteroatoms. The number of hydrogen-bond acceptors (Lipinski definition) is 0. The number of rotatable bonds is 6. The Hall–Kier alpha value is 0.0300. The van der Waals surface area contributed by atoms with Crippen molar-refractivity contribution >= 4 is 11.6 Å². The van der Waals surface area contributed by atoms with Crippen LogP contribution in [0.25, 0.3) is 0 Å². The van der Waals surface area contributed by atoms with Gasteiger partial charge in [0, 0.05) is 5.38 Å². The number of allylic oxidation sites excluding steroid dienone is 1. The maximum Gasteiger partial charge on any atom is 0.0333 e. The normalized spacial score (nSPS) is 13.0. The second kappa shape index (κ2) is 6.72. The van der Waals surface area contributed by atoms with Crippen molar-refractivity contribution in [1.29, 1.82) is 0 Å². The Labute approximate surface area is 75.6 Å². The molecular formula is C10H19Cl. The molecule has 0 radical (unpaired) electrons. The Balaban J connectivity index is 3.20. The van der Waals surface area contributed by atoms with Crippen LogP contribution >= 0.6 is 11.6 Å². The maximum absolute atomic E-state index is 5.96. The fraction of sp³-hybridized carbons (Fsp3) is 0.800. The molecule has 0 saturated heterocycles. The van der Waals surface area contributed by atoms with Crippen LogP contribution in [0.3, 0.4) is 0 Å². The molecule has 0 fully saturated rings. The Kier molecular flexibility index (Phi) is 6.74. The first-order valence-corrected chi connectivity index (χ1v) is 4.95. The maximum atomic E-state index is 5.96. The molecule has 0 heterocycles. The van der Waals surface area contributed by atoms with Gasteiger partial charge in [0.1, 0.15) is 0 Å². The Morgan fingerprint density at radius 3 is 2.55 bits per heavy atom. The topological polar surface area (TPSA) is 0 Å². The van der Waals surface area contributed by atoms with Crippen molar-refractivity contribution in [3.63, 3.8) is 0 Å². The van der Waals surface area contributed by atoms with Crippen LogP contribution in [0.15, 0.2) is 12.2 Å².